The van der Waals surface area contributed by atoms with Crippen molar-refractivity contribution >= 4 is 15.9 Å². The van der Waals surface area contributed by atoms with Crippen LogP contribution in [-0.2, 0) is 19.6 Å². The van der Waals surface area contributed by atoms with Crippen LogP contribution in [0.5, 0.6) is 0 Å². The molecular weight excluding hydrogens is 466 g/mol. The number of benzene rings is 1. The Labute approximate surface area is 215 Å². The molecule has 2 aliphatic rings. The van der Waals surface area contributed by atoms with Crippen molar-refractivity contribution in [1.29, 1.82) is 0 Å². The average Bonchev–Trinajstić information content (AvgIpc) is 2.82. The third kappa shape index (κ3) is 19.3. The van der Waals surface area contributed by atoms with Crippen LogP contribution in [0.2, 0.25) is 0 Å². The highest BCUT2D eigenvalue weighted by Crippen LogP contribution is 2.20. The summed E-state index contributed by atoms with van der Waals surface area (Å²) < 4.78 is 30.1. The highest BCUT2D eigenvalue weighted by atomic mass is 32.2. The van der Waals surface area contributed by atoms with Crippen molar-refractivity contribution in [1.82, 2.24) is 19.4 Å². The van der Waals surface area contributed by atoms with Gasteiger partial charge in [0.25, 0.3) is 0 Å². The van der Waals surface area contributed by atoms with E-state index in [9.17, 15) is 13.2 Å². The van der Waals surface area contributed by atoms with Crippen LogP contribution in [0.4, 0.5) is 0 Å². The van der Waals surface area contributed by atoms with Crippen LogP contribution in [-0.4, -0.2) is 109 Å². The number of carbonyl (C=O) groups is 1. The lowest BCUT2D eigenvalue weighted by Crippen LogP contribution is -2.45. The van der Waals surface area contributed by atoms with Crippen molar-refractivity contribution in [2.75, 3.05) is 74.3 Å². The number of hydrogen-bond donors (Lipinski definition) is 2. The maximum absolute atomic E-state index is 10.9. The predicted octanol–water partition coefficient (Wildman–Crippen LogP) is 2.02. The molecule has 10 heteroatoms. The van der Waals surface area contributed by atoms with Gasteiger partial charge < -0.3 is 25.2 Å². The number of sulfonamides is 1. The first-order valence-electron chi connectivity index (χ1n) is 12.2. The minimum atomic E-state index is -3.02. The summed E-state index contributed by atoms with van der Waals surface area (Å²) in [5, 5.41) is 0. The molecule has 206 valence electrons. The Morgan fingerprint density at radius 3 is 2.00 bits per heavy atom. The second kappa shape index (κ2) is 20.6. The van der Waals surface area contributed by atoms with Gasteiger partial charge in [0.15, 0.2) is 0 Å². The van der Waals surface area contributed by atoms with E-state index in [1.54, 1.807) is 14.1 Å². The number of morpholine rings is 1. The van der Waals surface area contributed by atoms with E-state index in [0.717, 1.165) is 45.6 Å². The van der Waals surface area contributed by atoms with Gasteiger partial charge in [-0.15, -0.1) is 0 Å². The number of amides is 1. The van der Waals surface area contributed by atoms with Crippen LogP contribution in [0, 0.1) is 0 Å². The highest BCUT2D eigenvalue weighted by Gasteiger charge is 2.20. The fourth-order valence-electron chi connectivity index (χ4n) is 3.21. The standard InChI is InChI=1S/C11H15NO.C7H16N2O2S.C4H9NO.C2H6.CH5N/c1-12-7-8-13-11(9-12)10-5-3-2-4-6-10;1-9-5-3-4-7(6-9)8-12(2,10)11;1-4(6)5(2)3;2*1-2/h2-6,11H,7-9H2,1H3;7-8H,3-6H2,1-2H3;1-3H3;1-2H3;2H2,1H3. The first-order valence-corrected chi connectivity index (χ1v) is 14.1. The molecule has 2 atom stereocenters. The summed E-state index contributed by atoms with van der Waals surface area (Å²) in [5.74, 6) is 0.0926. The first kappa shape index (κ1) is 35.6. The number of hydrogen-bond acceptors (Lipinski definition) is 7. The number of likely N-dealkylation sites (N-methyl/N-ethyl adjacent to an activating group) is 2. The Morgan fingerprint density at radius 1 is 1.06 bits per heavy atom. The lowest BCUT2D eigenvalue weighted by atomic mass is 10.1. The Morgan fingerprint density at radius 2 is 1.57 bits per heavy atom. The van der Waals surface area contributed by atoms with Gasteiger partial charge in [0.2, 0.25) is 15.9 Å². The number of likely N-dealkylation sites (tertiary alicyclic amines) is 1. The molecule has 0 aliphatic carbocycles. The van der Waals surface area contributed by atoms with E-state index in [4.69, 9.17) is 4.74 Å². The van der Waals surface area contributed by atoms with Gasteiger partial charge in [0.05, 0.1) is 19.0 Å². The van der Waals surface area contributed by atoms with Crippen molar-refractivity contribution < 1.29 is 17.9 Å². The molecular formula is C25H51N5O4S. The molecule has 35 heavy (non-hydrogen) atoms. The molecule has 1 amide bonds. The summed E-state index contributed by atoms with van der Waals surface area (Å²) in [6.07, 6.45) is 3.50. The Balaban J connectivity index is 0. The Hall–Kier alpha value is -1.56. The van der Waals surface area contributed by atoms with E-state index in [2.05, 4.69) is 51.6 Å². The van der Waals surface area contributed by atoms with Crippen LogP contribution in [0.15, 0.2) is 30.3 Å². The normalized spacial score (nSPS) is 20.2. The summed E-state index contributed by atoms with van der Waals surface area (Å²) in [6, 6.07) is 10.5. The molecule has 1 aromatic rings. The molecule has 0 saturated carbocycles. The third-order valence-electron chi connectivity index (χ3n) is 5.08. The fraction of sp³-hybridized carbons (Fsp3) is 0.720. The van der Waals surface area contributed by atoms with Crippen molar-refractivity contribution in [3.63, 3.8) is 0 Å². The van der Waals surface area contributed by atoms with Crippen molar-refractivity contribution in [2.45, 2.75) is 45.8 Å². The Kier molecular flexibility index (Phi) is 21.0. The average molecular weight is 518 g/mol. The molecule has 1 aromatic carbocycles. The van der Waals surface area contributed by atoms with Gasteiger partial charge in [-0.25, -0.2) is 13.1 Å². The number of carbonyl (C=O) groups excluding carboxylic acids is 1. The predicted molar refractivity (Wildman–Crippen MR) is 147 cm³/mol. The molecule has 3 N–H and O–H groups in total. The van der Waals surface area contributed by atoms with Crippen LogP contribution >= 0.6 is 0 Å². The molecule has 0 radical (unpaired) electrons. The van der Waals surface area contributed by atoms with Crippen LogP contribution in [0.1, 0.15) is 45.3 Å². The van der Waals surface area contributed by atoms with Crippen LogP contribution < -0.4 is 10.5 Å². The minimum Gasteiger partial charge on any atom is -0.371 e. The van der Waals surface area contributed by atoms with Crippen molar-refractivity contribution in [2.24, 2.45) is 5.73 Å². The lowest BCUT2D eigenvalue weighted by molar-refractivity contribution is -0.126. The Bertz CT molecular complexity index is 747. The summed E-state index contributed by atoms with van der Waals surface area (Å²) in [6.45, 7) is 10.3. The van der Waals surface area contributed by atoms with Gasteiger partial charge in [-0.3, -0.25) is 4.79 Å². The fourth-order valence-corrected chi connectivity index (χ4v) is 4.01. The first-order chi connectivity index (χ1) is 16.5. The van der Waals surface area contributed by atoms with E-state index >= 15 is 0 Å². The van der Waals surface area contributed by atoms with Crippen LogP contribution in [0.3, 0.4) is 0 Å². The van der Waals surface area contributed by atoms with Gasteiger partial charge in [0, 0.05) is 46.7 Å². The van der Waals surface area contributed by atoms with E-state index in [1.165, 1.54) is 30.7 Å². The summed E-state index contributed by atoms with van der Waals surface area (Å²) >= 11 is 0. The number of nitrogens with one attached hydrogen (secondary N) is 1. The summed E-state index contributed by atoms with van der Waals surface area (Å²) in [4.78, 5) is 16.0. The molecule has 2 saturated heterocycles. The van der Waals surface area contributed by atoms with E-state index in [0.29, 0.717) is 0 Å². The monoisotopic (exact) mass is 517 g/mol. The van der Waals surface area contributed by atoms with Gasteiger partial charge in [-0.2, -0.15) is 0 Å². The lowest BCUT2D eigenvalue weighted by Gasteiger charge is -2.30. The quantitative estimate of drug-likeness (QED) is 0.631. The minimum absolute atomic E-state index is 0.0926. The van der Waals surface area contributed by atoms with E-state index in [1.807, 2.05) is 27.0 Å². The molecule has 3 rings (SSSR count). The smallest absolute Gasteiger partial charge is 0.218 e. The van der Waals surface area contributed by atoms with Gasteiger partial charge >= 0.3 is 0 Å². The second-order valence-corrected chi connectivity index (χ2v) is 10.2. The number of ether oxygens (including phenoxy) is 1. The molecule has 2 unspecified atom stereocenters. The summed E-state index contributed by atoms with van der Waals surface area (Å²) in [7, 11) is 6.07. The van der Waals surface area contributed by atoms with Gasteiger partial charge in [-0.05, 0) is 46.1 Å². The number of piperidine rings is 1. The zero-order valence-electron chi connectivity index (χ0n) is 23.5. The molecule has 0 aromatic heterocycles. The molecule has 2 heterocycles. The van der Waals surface area contributed by atoms with E-state index < -0.39 is 10.0 Å². The van der Waals surface area contributed by atoms with Gasteiger partial charge in [-0.1, -0.05) is 44.2 Å². The largest absolute Gasteiger partial charge is 0.371 e. The maximum Gasteiger partial charge on any atom is 0.218 e. The number of nitrogens with zero attached hydrogens (tertiary/aromatic N) is 3. The van der Waals surface area contributed by atoms with Crippen LogP contribution in [0.25, 0.3) is 0 Å². The number of rotatable bonds is 3. The molecule has 2 aliphatic heterocycles. The van der Waals surface area contributed by atoms with E-state index in [-0.39, 0.29) is 18.1 Å². The topological polar surface area (TPSA) is 108 Å². The molecule has 9 nitrogen and oxygen atoms in total. The SMILES string of the molecule is CC.CC(=O)N(C)C.CN.CN1CCCC(NS(C)(=O)=O)C1.CN1CCOC(c2ccccc2)C1. The highest BCUT2D eigenvalue weighted by molar-refractivity contribution is 7.88. The van der Waals surface area contributed by atoms with Crippen molar-refractivity contribution in [3.05, 3.63) is 35.9 Å². The zero-order chi connectivity index (χ0) is 27.4. The van der Waals surface area contributed by atoms with Crippen molar-refractivity contribution in [3.8, 4) is 0 Å². The maximum atomic E-state index is 10.9. The third-order valence-corrected chi connectivity index (χ3v) is 5.84. The number of nitrogens with two attached hydrogens (primary N) is 1. The molecule has 0 bridgehead atoms. The molecule has 2 fully saturated rings. The van der Waals surface area contributed by atoms with Gasteiger partial charge in [0.1, 0.15) is 0 Å². The second-order valence-electron chi connectivity index (χ2n) is 8.44. The molecule has 0 spiro atoms. The zero-order valence-corrected chi connectivity index (χ0v) is 24.3. The summed E-state index contributed by atoms with van der Waals surface area (Å²) in [5.41, 5.74) is 5.79.